The van der Waals surface area contributed by atoms with Gasteiger partial charge < -0.3 is 13.9 Å². The summed E-state index contributed by atoms with van der Waals surface area (Å²) in [5.74, 6) is -0.0797. The number of fused-ring (bicyclic) bond motifs is 3. The molecule has 6 heteroatoms. The Hall–Kier alpha value is -4.19. The van der Waals surface area contributed by atoms with Gasteiger partial charge in [0.2, 0.25) is 0 Å². The van der Waals surface area contributed by atoms with Crippen LogP contribution in [0.25, 0.3) is 21.7 Å². The second-order valence-electron chi connectivity index (χ2n) is 7.49. The van der Waals surface area contributed by atoms with E-state index in [1.807, 2.05) is 6.07 Å². The van der Waals surface area contributed by atoms with Crippen molar-refractivity contribution in [2.45, 2.75) is 13.2 Å². The van der Waals surface area contributed by atoms with Gasteiger partial charge in [-0.15, -0.1) is 0 Å². The van der Waals surface area contributed by atoms with Crippen LogP contribution in [0.15, 0.2) is 94.1 Å². The molecule has 1 aromatic heterocycles. The van der Waals surface area contributed by atoms with Crippen LogP contribution in [0.3, 0.4) is 0 Å². The maximum Gasteiger partial charge on any atom is 0.344 e. The fourth-order valence-electron chi connectivity index (χ4n) is 3.69. The Morgan fingerprint density at radius 2 is 1.27 bits per heavy atom. The van der Waals surface area contributed by atoms with Crippen LogP contribution in [-0.2, 0) is 13.2 Å². The molecule has 0 N–H and O–H groups in total. The smallest absolute Gasteiger partial charge is 0.344 e. The van der Waals surface area contributed by atoms with Crippen molar-refractivity contribution >= 4 is 21.7 Å². The highest BCUT2D eigenvalue weighted by Crippen LogP contribution is 2.36. The van der Waals surface area contributed by atoms with Crippen LogP contribution in [0.1, 0.15) is 11.1 Å². The van der Waals surface area contributed by atoms with Gasteiger partial charge in [0.25, 0.3) is 0 Å². The zero-order valence-electron chi connectivity index (χ0n) is 17.4. The minimum atomic E-state index is -0.496. The zero-order chi connectivity index (χ0) is 22.8. The molecule has 1 heterocycles. The molecule has 0 radical (unpaired) electrons. The third-order valence-electron chi connectivity index (χ3n) is 5.35. The highest BCUT2D eigenvalue weighted by atomic mass is 19.1. The van der Waals surface area contributed by atoms with Gasteiger partial charge in [0.15, 0.2) is 0 Å². The standard InChI is InChI=1S/C27H18F2O4/c28-22-11-5-1-7-17(22)15-31-19-13-24(32-16-18-8-2-6-12-23(18)29)26-20-9-3-4-10-21(20)27(30)33-25(26)14-19/h1-14H,15-16H2. The summed E-state index contributed by atoms with van der Waals surface area (Å²) in [6.07, 6.45) is 0. The maximum absolute atomic E-state index is 14.1. The third-order valence-corrected chi connectivity index (χ3v) is 5.35. The molecule has 0 aliphatic heterocycles. The lowest BCUT2D eigenvalue weighted by molar-refractivity contribution is 0.286. The predicted octanol–water partition coefficient (Wildman–Crippen LogP) is 6.38. The first-order chi connectivity index (χ1) is 16.1. The molecule has 0 atom stereocenters. The first kappa shape index (κ1) is 20.7. The van der Waals surface area contributed by atoms with Crippen LogP contribution >= 0.6 is 0 Å². The summed E-state index contributed by atoms with van der Waals surface area (Å²) >= 11 is 0. The molecule has 0 aliphatic carbocycles. The summed E-state index contributed by atoms with van der Waals surface area (Å²) < 4.78 is 45.5. The molecular weight excluding hydrogens is 426 g/mol. The van der Waals surface area contributed by atoms with Crippen molar-refractivity contribution in [3.8, 4) is 11.5 Å². The van der Waals surface area contributed by atoms with E-state index in [4.69, 9.17) is 13.9 Å². The second-order valence-corrected chi connectivity index (χ2v) is 7.49. The van der Waals surface area contributed by atoms with E-state index in [-0.39, 0.29) is 30.4 Å². The van der Waals surface area contributed by atoms with Gasteiger partial charge in [-0.1, -0.05) is 54.6 Å². The van der Waals surface area contributed by atoms with Gasteiger partial charge in [-0.05, 0) is 18.2 Å². The SMILES string of the molecule is O=c1oc2cc(OCc3ccccc3F)cc(OCc3ccccc3F)c2c2ccccc12. The predicted molar refractivity (Wildman–Crippen MR) is 121 cm³/mol. The number of hydrogen-bond donors (Lipinski definition) is 0. The molecule has 0 bridgehead atoms. The first-order valence-corrected chi connectivity index (χ1v) is 10.3. The van der Waals surface area contributed by atoms with Crippen molar-refractivity contribution in [3.05, 3.63) is 118 Å². The molecule has 4 aromatic carbocycles. The fourth-order valence-corrected chi connectivity index (χ4v) is 3.69. The lowest BCUT2D eigenvalue weighted by Crippen LogP contribution is -2.04. The number of benzene rings is 4. The van der Waals surface area contributed by atoms with Gasteiger partial charge in [-0.25, -0.2) is 13.6 Å². The molecule has 0 aliphatic rings. The van der Waals surface area contributed by atoms with Gasteiger partial charge in [0, 0.05) is 28.6 Å². The van der Waals surface area contributed by atoms with Crippen LogP contribution in [0.2, 0.25) is 0 Å². The van der Waals surface area contributed by atoms with Gasteiger partial charge in [0.1, 0.15) is 41.9 Å². The van der Waals surface area contributed by atoms with Gasteiger partial charge in [-0.3, -0.25) is 0 Å². The number of rotatable bonds is 6. The lowest BCUT2D eigenvalue weighted by Gasteiger charge is -2.14. The summed E-state index contributed by atoms with van der Waals surface area (Å²) in [6.45, 7) is -0.0608. The van der Waals surface area contributed by atoms with Gasteiger partial charge in [-0.2, -0.15) is 0 Å². The van der Waals surface area contributed by atoms with E-state index in [1.165, 1.54) is 12.1 Å². The van der Waals surface area contributed by atoms with Crippen molar-refractivity contribution in [2.75, 3.05) is 0 Å². The number of halogens is 2. The van der Waals surface area contributed by atoms with E-state index in [1.54, 1.807) is 66.7 Å². The molecule has 0 unspecified atom stereocenters. The van der Waals surface area contributed by atoms with Crippen LogP contribution in [0.5, 0.6) is 11.5 Å². The average molecular weight is 444 g/mol. The van der Waals surface area contributed by atoms with E-state index in [0.29, 0.717) is 38.8 Å². The summed E-state index contributed by atoms with van der Waals surface area (Å²) in [6, 6.07) is 22.8. The first-order valence-electron chi connectivity index (χ1n) is 10.3. The molecule has 0 amide bonds. The Morgan fingerprint density at radius 3 is 1.94 bits per heavy atom. The van der Waals surface area contributed by atoms with Gasteiger partial charge in [0.05, 0.1) is 10.8 Å². The molecule has 0 saturated heterocycles. The van der Waals surface area contributed by atoms with E-state index < -0.39 is 5.63 Å². The van der Waals surface area contributed by atoms with E-state index in [2.05, 4.69) is 0 Å². The fraction of sp³-hybridized carbons (Fsp3) is 0.0741. The molecule has 33 heavy (non-hydrogen) atoms. The Balaban J connectivity index is 1.59. The number of hydrogen-bond acceptors (Lipinski definition) is 4. The molecule has 4 nitrogen and oxygen atoms in total. The quantitative estimate of drug-likeness (QED) is 0.225. The maximum atomic E-state index is 14.1. The highest BCUT2D eigenvalue weighted by Gasteiger charge is 2.16. The summed E-state index contributed by atoms with van der Waals surface area (Å²) in [5.41, 5.74) is 0.522. The minimum absolute atomic E-state index is 0.0251. The summed E-state index contributed by atoms with van der Waals surface area (Å²) in [4.78, 5) is 12.5. The van der Waals surface area contributed by atoms with Crippen LogP contribution < -0.4 is 15.1 Å². The molecule has 0 spiro atoms. The molecule has 164 valence electrons. The third kappa shape index (κ3) is 4.15. The van der Waals surface area contributed by atoms with Crippen molar-refractivity contribution < 1.29 is 22.7 Å². The Morgan fingerprint density at radius 1 is 0.697 bits per heavy atom. The van der Waals surface area contributed by atoms with Crippen molar-refractivity contribution in [3.63, 3.8) is 0 Å². The molecule has 5 aromatic rings. The molecule has 5 rings (SSSR count). The van der Waals surface area contributed by atoms with Crippen molar-refractivity contribution in [1.82, 2.24) is 0 Å². The van der Waals surface area contributed by atoms with Gasteiger partial charge >= 0.3 is 5.63 Å². The topological polar surface area (TPSA) is 48.7 Å². The largest absolute Gasteiger partial charge is 0.489 e. The zero-order valence-corrected chi connectivity index (χ0v) is 17.4. The van der Waals surface area contributed by atoms with E-state index in [9.17, 15) is 13.6 Å². The summed E-state index contributed by atoms with van der Waals surface area (Å²) in [5, 5.41) is 1.62. The van der Waals surface area contributed by atoms with E-state index in [0.717, 1.165) is 0 Å². The molecular formula is C27H18F2O4. The minimum Gasteiger partial charge on any atom is -0.489 e. The average Bonchev–Trinajstić information content (AvgIpc) is 2.83. The molecule has 0 saturated carbocycles. The van der Waals surface area contributed by atoms with Crippen molar-refractivity contribution in [1.29, 1.82) is 0 Å². The van der Waals surface area contributed by atoms with Crippen molar-refractivity contribution in [2.24, 2.45) is 0 Å². The highest BCUT2D eigenvalue weighted by molar-refractivity contribution is 6.08. The monoisotopic (exact) mass is 444 g/mol. The normalized spacial score (nSPS) is 11.1. The Labute approximate surface area is 187 Å². The van der Waals surface area contributed by atoms with Crippen LogP contribution in [-0.4, -0.2) is 0 Å². The second kappa shape index (κ2) is 8.74. The molecule has 0 fully saturated rings. The van der Waals surface area contributed by atoms with E-state index >= 15 is 0 Å². The Bertz CT molecular complexity index is 1520. The summed E-state index contributed by atoms with van der Waals surface area (Å²) in [7, 11) is 0. The van der Waals surface area contributed by atoms with Crippen LogP contribution in [0, 0.1) is 11.6 Å². The van der Waals surface area contributed by atoms with Crippen LogP contribution in [0.4, 0.5) is 8.78 Å². The number of ether oxygens (including phenoxy) is 2. The Kier molecular flexibility index (Phi) is 5.48. The lowest BCUT2D eigenvalue weighted by atomic mass is 10.1.